The van der Waals surface area contributed by atoms with Gasteiger partial charge < -0.3 is 27.2 Å². The number of phenols is 1. The molecule has 11 nitrogen and oxygen atoms in total. The number of nitro groups is 1. The van der Waals surface area contributed by atoms with E-state index in [4.69, 9.17) is 11.5 Å². The van der Waals surface area contributed by atoms with Crippen LogP contribution in [0.1, 0.15) is 35.4 Å². The topological polar surface area (TPSA) is 186 Å². The van der Waals surface area contributed by atoms with Gasteiger partial charge >= 0.3 is 0 Å². The monoisotopic (exact) mass is 594 g/mol. The smallest absolute Gasteiger partial charge is 0.242 e. The summed E-state index contributed by atoms with van der Waals surface area (Å²) >= 11 is 0. The number of rotatable bonds is 13. The van der Waals surface area contributed by atoms with Crippen molar-refractivity contribution in [3.05, 3.63) is 136 Å². The summed E-state index contributed by atoms with van der Waals surface area (Å²) in [6.07, 6.45) is 0.118. The highest BCUT2D eigenvalue weighted by Gasteiger charge is 2.28. The van der Waals surface area contributed by atoms with Gasteiger partial charge in [0.1, 0.15) is 11.8 Å². The predicted molar refractivity (Wildman–Crippen MR) is 168 cm³/mol. The summed E-state index contributed by atoms with van der Waals surface area (Å²) in [5.41, 5.74) is 15.9. The van der Waals surface area contributed by atoms with Crippen LogP contribution < -0.4 is 22.1 Å². The molecule has 0 saturated heterocycles. The maximum atomic E-state index is 13.8. The second kappa shape index (κ2) is 15.1. The molecule has 4 aromatic carbocycles. The lowest BCUT2D eigenvalue weighted by molar-refractivity contribution is -0.485. The zero-order valence-electron chi connectivity index (χ0n) is 23.9. The second-order valence-corrected chi connectivity index (χ2v) is 10.2. The Morgan fingerprint density at radius 1 is 0.795 bits per heavy atom. The molecule has 0 bridgehead atoms. The van der Waals surface area contributed by atoms with Crippen LogP contribution in [0.4, 0.5) is 0 Å². The van der Waals surface area contributed by atoms with Crippen LogP contribution >= 0.6 is 0 Å². The van der Waals surface area contributed by atoms with E-state index in [0.29, 0.717) is 0 Å². The molecular weight excluding hydrogens is 560 g/mol. The van der Waals surface area contributed by atoms with E-state index in [1.54, 1.807) is 12.1 Å². The van der Waals surface area contributed by atoms with Crippen molar-refractivity contribution in [2.75, 3.05) is 0 Å². The highest BCUT2D eigenvalue weighted by Crippen LogP contribution is 2.25. The molecule has 0 saturated carbocycles. The van der Waals surface area contributed by atoms with Crippen molar-refractivity contribution in [3.63, 3.8) is 0 Å². The first-order valence-corrected chi connectivity index (χ1v) is 14.0. The third-order valence-corrected chi connectivity index (χ3v) is 7.13. The van der Waals surface area contributed by atoms with Gasteiger partial charge in [0.05, 0.1) is 17.1 Å². The number of amides is 2. The minimum Gasteiger partial charge on any atom is -0.508 e. The third-order valence-electron chi connectivity index (χ3n) is 7.13. The summed E-state index contributed by atoms with van der Waals surface area (Å²) < 4.78 is 0. The fraction of sp³-hybridized carbons (Fsp3) is 0.182. The fourth-order valence-corrected chi connectivity index (χ4v) is 4.75. The largest absolute Gasteiger partial charge is 0.508 e. The average molecular weight is 595 g/mol. The first-order valence-electron chi connectivity index (χ1n) is 14.0. The van der Waals surface area contributed by atoms with E-state index in [1.165, 1.54) is 0 Å². The molecule has 0 heterocycles. The quantitative estimate of drug-likeness (QED) is 0.0676. The van der Waals surface area contributed by atoms with Crippen molar-refractivity contribution in [2.24, 2.45) is 16.6 Å². The maximum Gasteiger partial charge on any atom is 0.242 e. The standard InChI is InChI=1S/C33H34N6O5/c34-28(31(35)38-39(43)44)19-20-29(37-33(42)30(25-7-3-1-4-8-25)26-9-5-2-6-10-26)32(41)36-21-22-11-13-23(14-12-22)24-15-17-27(40)18-16-24/h1-18,28-30,40H,19-21,34H2,(H2,35,38)(H,36,41)(H,37,42). The number of hydrogen-bond acceptors (Lipinski definition) is 6. The van der Waals surface area contributed by atoms with Crippen molar-refractivity contribution < 1.29 is 19.7 Å². The van der Waals surface area contributed by atoms with Crippen LogP contribution in [0.3, 0.4) is 0 Å². The number of phenolic OH excluding ortho intramolecular Hbond substituents is 1. The van der Waals surface area contributed by atoms with E-state index in [2.05, 4.69) is 15.7 Å². The molecule has 0 radical (unpaired) electrons. The molecule has 2 unspecified atom stereocenters. The van der Waals surface area contributed by atoms with E-state index in [9.17, 15) is 24.8 Å². The molecule has 4 rings (SSSR count). The lowest BCUT2D eigenvalue weighted by Crippen LogP contribution is -2.49. The molecule has 4 aromatic rings. The summed E-state index contributed by atoms with van der Waals surface area (Å²) in [7, 11) is 0. The van der Waals surface area contributed by atoms with E-state index < -0.39 is 28.9 Å². The van der Waals surface area contributed by atoms with E-state index in [0.717, 1.165) is 27.8 Å². The number of nitrogens with zero attached hydrogens (tertiary/aromatic N) is 2. The summed E-state index contributed by atoms with van der Waals surface area (Å²) in [6.45, 7) is 0.193. The van der Waals surface area contributed by atoms with Crippen molar-refractivity contribution in [1.29, 1.82) is 0 Å². The second-order valence-electron chi connectivity index (χ2n) is 10.2. The van der Waals surface area contributed by atoms with Gasteiger partial charge in [-0.25, -0.2) is 10.1 Å². The van der Waals surface area contributed by atoms with Crippen molar-refractivity contribution in [2.45, 2.75) is 37.4 Å². The average Bonchev–Trinajstić information content (AvgIpc) is 3.03. The van der Waals surface area contributed by atoms with Crippen molar-refractivity contribution in [3.8, 4) is 16.9 Å². The van der Waals surface area contributed by atoms with Gasteiger partial charge in [0, 0.05) is 6.54 Å². The molecule has 226 valence electrons. The zero-order valence-corrected chi connectivity index (χ0v) is 23.9. The molecule has 0 aromatic heterocycles. The Morgan fingerprint density at radius 3 is 1.84 bits per heavy atom. The number of nitrogens with one attached hydrogen (secondary N) is 2. The number of carbonyl (C=O) groups is 2. The maximum absolute atomic E-state index is 13.8. The zero-order chi connectivity index (χ0) is 31.5. The molecular formula is C33H34N6O5. The molecule has 7 N–H and O–H groups in total. The molecule has 2 amide bonds. The van der Waals surface area contributed by atoms with E-state index >= 15 is 0 Å². The SMILES string of the molecule is N/C(=N/[N+](=O)[O-])C(N)CCC(NC(=O)C(c1ccccc1)c1ccccc1)C(=O)NCc1ccc(-c2ccc(O)cc2)cc1. The predicted octanol–water partition coefficient (Wildman–Crippen LogP) is 3.65. The number of aromatic hydroxyl groups is 1. The molecule has 0 spiro atoms. The fourth-order valence-electron chi connectivity index (χ4n) is 4.75. The Hall–Kier alpha value is -5.55. The summed E-state index contributed by atoms with van der Waals surface area (Å²) in [6, 6.07) is 30.9. The summed E-state index contributed by atoms with van der Waals surface area (Å²) in [5, 5.41) is 28.2. The van der Waals surface area contributed by atoms with Gasteiger partial charge in [-0.05, 0) is 52.8 Å². The van der Waals surface area contributed by atoms with Gasteiger partial charge in [-0.15, -0.1) is 0 Å². The molecule has 44 heavy (non-hydrogen) atoms. The Labute approximate surface area is 254 Å². The number of benzene rings is 4. The van der Waals surface area contributed by atoms with Crippen molar-refractivity contribution in [1.82, 2.24) is 10.6 Å². The lowest BCUT2D eigenvalue weighted by atomic mass is 9.90. The van der Waals surface area contributed by atoms with Crippen LogP contribution in [0.25, 0.3) is 11.1 Å². The Kier molecular flexibility index (Phi) is 10.8. The molecule has 0 aliphatic rings. The first-order chi connectivity index (χ1) is 21.2. The van der Waals surface area contributed by atoms with Gasteiger partial charge in [0.15, 0.2) is 10.9 Å². The molecule has 0 aliphatic heterocycles. The van der Waals surface area contributed by atoms with Crippen LogP contribution in [0, 0.1) is 10.1 Å². The van der Waals surface area contributed by atoms with Crippen LogP contribution in [0.2, 0.25) is 0 Å². The first kappa shape index (κ1) is 31.4. The van der Waals surface area contributed by atoms with Crippen LogP contribution in [-0.4, -0.2) is 39.9 Å². The molecule has 2 atom stereocenters. The molecule has 0 fully saturated rings. The Balaban J connectivity index is 1.50. The number of carbonyl (C=O) groups excluding carboxylic acids is 2. The van der Waals surface area contributed by atoms with Gasteiger partial charge in [-0.2, -0.15) is 0 Å². The van der Waals surface area contributed by atoms with Gasteiger partial charge in [0.25, 0.3) is 0 Å². The summed E-state index contributed by atoms with van der Waals surface area (Å²) in [5.74, 6) is -1.71. The van der Waals surface area contributed by atoms with E-state index in [-0.39, 0.29) is 36.9 Å². The molecule has 11 heteroatoms. The number of hydrazone groups is 1. The number of hydrogen-bond donors (Lipinski definition) is 5. The van der Waals surface area contributed by atoms with Gasteiger partial charge in [-0.3, -0.25) is 9.59 Å². The number of amidine groups is 1. The minimum atomic E-state index is -1.01. The Bertz CT molecular complexity index is 1540. The Morgan fingerprint density at radius 2 is 1.32 bits per heavy atom. The summed E-state index contributed by atoms with van der Waals surface area (Å²) in [4.78, 5) is 38.0. The highest BCUT2D eigenvalue weighted by atomic mass is 16.7. The van der Waals surface area contributed by atoms with Crippen LogP contribution in [0.15, 0.2) is 114 Å². The lowest BCUT2D eigenvalue weighted by Gasteiger charge is -2.24. The third kappa shape index (κ3) is 8.73. The van der Waals surface area contributed by atoms with Crippen molar-refractivity contribution >= 4 is 17.6 Å². The highest BCUT2D eigenvalue weighted by molar-refractivity contribution is 5.92. The normalized spacial score (nSPS) is 12.7. The van der Waals surface area contributed by atoms with E-state index in [1.807, 2.05) is 97.1 Å². The minimum absolute atomic E-state index is 0.0583. The van der Waals surface area contributed by atoms with Crippen LogP contribution in [-0.2, 0) is 16.1 Å². The number of nitrogens with two attached hydrogens (primary N) is 2. The van der Waals surface area contributed by atoms with Gasteiger partial charge in [0.2, 0.25) is 11.8 Å². The molecule has 0 aliphatic carbocycles. The van der Waals surface area contributed by atoms with Gasteiger partial charge in [-0.1, -0.05) is 97.1 Å². The van der Waals surface area contributed by atoms with Crippen LogP contribution in [0.5, 0.6) is 5.75 Å².